The molecule has 0 saturated carbocycles. The Bertz CT molecular complexity index is 794. The molecule has 0 bridgehead atoms. The molecule has 1 saturated heterocycles. The Labute approximate surface area is 134 Å². The molecule has 13 heteroatoms. The first-order chi connectivity index (χ1) is 11.2. The zero-order chi connectivity index (χ0) is 17.6. The topological polar surface area (TPSA) is 197 Å². The summed E-state index contributed by atoms with van der Waals surface area (Å²) in [6.45, 7) is 0. The molecule has 1 aliphatic rings. The molecule has 0 unspecified atom stereocenters. The summed E-state index contributed by atoms with van der Waals surface area (Å²) in [6, 6.07) is 0. The monoisotopic (exact) mass is 361 g/mol. The van der Waals surface area contributed by atoms with E-state index in [1.165, 1.54) is 17.2 Å². The van der Waals surface area contributed by atoms with E-state index in [-0.39, 0.29) is 17.0 Å². The minimum absolute atomic E-state index is 0.116. The van der Waals surface area contributed by atoms with E-state index in [1.807, 2.05) is 0 Å². The third kappa shape index (κ3) is 3.00. The van der Waals surface area contributed by atoms with Crippen molar-refractivity contribution in [1.82, 2.24) is 19.5 Å². The van der Waals surface area contributed by atoms with E-state index in [9.17, 15) is 19.9 Å². The first-order valence-electron chi connectivity index (χ1n) is 6.86. The van der Waals surface area contributed by atoms with Gasteiger partial charge < -0.3 is 35.6 Å². The molecule has 24 heavy (non-hydrogen) atoms. The van der Waals surface area contributed by atoms with Crippen molar-refractivity contribution in [2.45, 2.75) is 30.6 Å². The highest BCUT2D eigenvalue weighted by Gasteiger charge is 2.48. The molecule has 7 N–H and O–H groups in total. The number of fused-ring (bicyclic) bond motifs is 1. The van der Waals surface area contributed by atoms with Crippen molar-refractivity contribution in [2.24, 2.45) is 0 Å². The summed E-state index contributed by atoms with van der Waals surface area (Å²) in [6.07, 6.45) is -5.72. The summed E-state index contributed by atoms with van der Waals surface area (Å²) in [4.78, 5) is 29.6. The lowest BCUT2D eigenvalue weighted by Crippen LogP contribution is -2.40. The van der Waals surface area contributed by atoms with Crippen LogP contribution in [0.15, 0.2) is 12.7 Å². The van der Waals surface area contributed by atoms with Gasteiger partial charge in [-0.1, -0.05) is 0 Å². The number of anilines is 1. The highest BCUT2D eigenvalue weighted by Crippen LogP contribution is 2.39. The molecule has 3 rings (SSSR count). The summed E-state index contributed by atoms with van der Waals surface area (Å²) < 4.78 is 17.7. The van der Waals surface area contributed by atoms with E-state index in [4.69, 9.17) is 20.3 Å². The molecule has 0 radical (unpaired) electrons. The van der Waals surface area contributed by atoms with E-state index in [1.54, 1.807) is 0 Å². The summed E-state index contributed by atoms with van der Waals surface area (Å²) in [7, 11) is -4.53. The number of nitrogens with two attached hydrogens (primary N) is 1. The molecule has 1 aliphatic heterocycles. The maximum Gasteiger partial charge on any atom is 0.328 e. The second-order valence-corrected chi connectivity index (χ2v) is 7.16. The van der Waals surface area contributed by atoms with Crippen molar-refractivity contribution in [1.29, 1.82) is 0 Å². The molecule has 0 aromatic carbocycles. The highest BCUT2D eigenvalue weighted by atomic mass is 31.2. The van der Waals surface area contributed by atoms with Gasteiger partial charge >= 0.3 is 7.60 Å². The highest BCUT2D eigenvalue weighted by molar-refractivity contribution is 7.51. The standard InChI is InChI=1S/C11H16N5O7P/c12-9-5-10(14-2-13-9)16(3-15-5)11-7(19)6(18)8(23-11)4(17)1-24(20,21)22/h2-4,6-8,11,17-19H,1H2,(H2,12,13,14)(H2,20,21,22)/t4-,6+,7-,8-,11-/m1/s1. The Morgan fingerprint density at radius 2 is 2.00 bits per heavy atom. The van der Waals surface area contributed by atoms with Gasteiger partial charge in [0.2, 0.25) is 0 Å². The van der Waals surface area contributed by atoms with E-state index in [2.05, 4.69) is 15.0 Å². The number of nitrogens with zero attached hydrogens (tertiary/aromatic N) is 4. The van der Waals surface area contributed by atoms with Crippen LogP contribution in [0, 0.1) is 0 Å². The van der Waals surface area contributed by atoms with Crippen LogP contribution < -0.4 is 5.73 Å². The Morgan fingerprint density at radius 1 is 1.29 bits per heavy atom. The lowest BCUT2D eigenvalue weighted by molar-refractivity contribution is -0.0776. The summed E-state index contributed by atoms with van der Waals surface area (Å²) in [5.74, 6) is 0.116. The van der Waals surface area contributed by atoms with E-state index >= 15 is 0 Å². The third-order valence-electron chi connectivity index (χ3n) is 3.74. The fourth-order valence-electron chi connectivity index (χ4n) is 2.64. The van der Waals surface area contributed by atoms with Crippen molar-refractivity contribution < 1.29 is 34.4 Å². The average molecular weight is 361 g/mol. The molecule has 1 fully saturated rings. The molecule has 2 aromatic rings. The van der Waals surface area contributed by atoms with Crippen molar-refractivity contribution in [3.8, 4) is 0 Å². The predicted molar refractivity (Wildman–Crippen MR) is 78.6 cm³/mol. The number of ether oxygens (including phenoxy) is 1. The number of hydrogen-bond donors (Lipinski definition) is 6. The second kappa shape index (κ2) is 6.01. The number of nitrogen functional groups attached to an aromatic ring is 1. The van der Waals surface area contributed by atoms with Crippen LogP contribution in [0.5, 0.6) is 0 Å². The number of aliphatic hydroxyl groups is 3. The average Bonchev–Trinajstić information content (AvgIpc) is 3.01. The summed E-state index contributed by atoms with van der Waals surface area (Å²) in [5.41, 5.74) is 6.17. The molecular formula is C11H16N5O7P. The zero-order valence-corrected chi connectivity index (χ0v) is 13.0. The van der Waals surface area contributed by atoms with Crippen LogP contribution in [0.25, 0.3) is 11.2 Å². The van der Waals surface area contributed by atoms with Crippen LogP contribution in [-0.2, 0) is 9.30 Å². The van der Waals surface area contributed by atoms with Crippen LogP contribution in [0.2, 0.25) is 0 Å². The normalized spacial score (nSPS) is 29.2. The van der Waals surface area contributed by atoms with Crippen molar-refractivity contribution >= 4 is 24.6 Å². The number of aliphatic hydroxyl groups excluding tert-OH is 3. The molecular weight excluding hydrogens is 345 g/mol. The number of imidazole rings is 1. The molecule has 0 spiro atoms. The molecule has 132 valence electrons. The number of aromatic nitrogens is 4. The van der Waals surface area contributed by atoms with Gasteiger partial charge in [0.15, 0.2) is 17.7 Å². The minimum atomic E-state index is -4.53. The van der Waals surface area contributed by atoms with Gasteiger partial charge in [-0.3, -0.25) is 9.13 Å². The van der Waals surface area contributed by atoms with Gasteiger partial charge in [-0.2, -0.15) is 0 Å². The fraction of sp³-hybridized carbons (Fsp3) is 0.545. The molecule has 12 nitrogen and oxygen atoms in total. The van der Waals surface area contributed by atoms with Gasteiger partial charge in [0.05, 0.1) is 18.6 Å². The first-order valence-corrected chi connectivity index (χ1v) is 8.66. The van der Waals surface area contributed by atoms with Crippen LogP contribution >= 0.6 is 7.60 Å². The van der Waals surface area contributed by atoms with Crippen LogP contribution in [0.1, 0.15) is 6.23 Å². The van der Waals surface area contributed by atoms with Gasteiger partial charge in [-0.15, -0.1) is 0 Å². The van der Waals surface area contributed by atoms with E-state index in [0.717, 1.165) is 0 Å². The largest absolute Gasteiger partial charge is 0.390 e. The lowest BCUT2D eigenvalue weighted by atomic mass is 10.1. The number of rotatable bonds is 4. The zero-order valence-electron chi connectivity index (χ0n) is 12.1. The number of hydrogen-bond acceptors (Lipinski definition) is 9. The van der Waals surface area contributed by atoms with Crippen LogP contribution in [0.4, 0.5) is 5.82 Å². The molecule has 2 aromatic heterocycles. The van der Waals surface area contributed by atoms with Crippen molar-refractivity contribution in [3.05, 3.63) is 12.7 Å². The minimum Gasteiger partial charge on any atom is -0.390 e. The maximum atomic E-state index is 11.0. The van der Waals surface area contributed by atoms with Crippen molar-refractivity contribution in [2.75, 3.05) is 11.9 Å². The van der Waals surface area contributed by atoms with Crippen LogP contribution in [-0.4, -0.2) is 75.2 Å². The molecule has 5 atom stereocenters. The van der Waals surface area contributed by atoms with Gasteiger partial charge in [-0.25, -0.2) is 15.0 Å². The van der Waals surface area contributed by atoms with Crippen LogP contribution in [0.3, 0.4) is 0 Å². The quantitative estimate of drug-likeness (QED) is 0.316. The Balaban J connectivity index is 1.89. The van der Waals surface area contributed by atoms with Gasteiger partial charge in [0.25, 0.3) is 0 Å². The fourth-order valence-corrected chi connectivity index (χ4v) is 3.33. The van der Waals surface area contributed by atoms with Gasteiger partial charge in [0.1, 0.15) is 30.2 Å². The Morgan fingerprint density at radius 3 is 2.67 bits per heavy atom. The summed E-state index contributed by atoms with van der Waals surface area (Å²) in [5, 5.41) is 30.1. The maximum absolute atomic E-state index is 11.0. The first kappa shape index (κ1) is 17.2. The van der Waals surface area contributed by atoms with Gasteiger partial charge in [0, 0.05) is 0 Å². The SMILES string of the molecule is Nc1ncnc2c1ncn2[C@@H]1O[C@H]([C@H](O)CP(=O)(O)O)[C@@H](O)[C@H]1O. The smallest absolute Gasteiger partial charge is 0.328 e. The Kier molecular flexibility index (Phi) is 4.30. The second-order valence-electron chi connectivity index (χ2n) is 5.47. The van der Waals surface area contributed by atoms with Crippen molar-refractivity contribution in [3.63, 3.8) is 0 Å². The van der Waals surface area contributed by atoms with Gasteiger partial charge in [-0.05, 0) is 0 Å². The van der Waals surface area contributed by atoms with E-state index < -0.39 is 44.4 Å². The lowest BCUT2D eigenvalue weighted by Gasteiger charge is -2.21. The summed E-state index contributed by atoms with van der Waals surface area (Å²) >= 11 is 0. The Hall–Kier alpha value is -1.66. The predicted octanol–water partition coefficient (Wildman–Crippen LogP) is -2.43. The van der Waals surface area contributed by atoms with E-state index in [0.29, 0.717) is 0 Å². The molecule has 0 aliphatic carbocycles. The molecule has 3 heterocycles. The third-order valence-corrected chi connectivity index (χ3v) is 4.59. The molecule has 0 amide bonds.